The van der Waals surface area contributed by atoms with Gasteiger partial charge in [0.25, 0.3) is 0 Å². The van der Waals surface area contributed by atoms with Crippen LogP contribution in [0.15, 0.2) is 53.6 Å². The average molecular weight is 504 g/mol. The first-order chi connectivity index (χ1) is 18.0. The maximum atomic E-state index is 13.8. The number of anilines is 1. The Bertz CT molecular complexity index is 1500. The van der Waals surface area contributed by atoms with Crippen molar-refractivity contribution < 1.29 is 14.6 Å². The summed E-state index contributed by atoms with van der Waals surface area (Å²) in [6.45, 7) is 5.11. The number of carboxylic acid groups (broad SMARTS) is 1. The van der Waals surface area contributed by atoms with Crippen LogP contribution in [0.5, 0.6) is 0 Å². The largest absolute Gasteiger partial charge is 0.477 e. The fraction of sp³-hybridized carbons (Fsp3) is 0.385. The number of hydrogen-bond acceptors (Lipinski definition) is 7. The molecule has 4 aromatic rings. The zero-order chi connectivity index (χ0) is 25.5. The second-order valence-electron chi connectivity index (χ2n) is 9.55. The molecule has 0 spiro atoms. The van der Waals surface area contributed by atoms with Crippen LogP contribution in [0.1, 0.15) is 28.8 Å². The normalized spacial score (nSPS) is 18.6. The van der Waals surface area contributed by atoms with Gasteiger partial charge in [0.15, 0.2) is 5.65 Å². The Morgan fingerprint density at radius 2 is 1.84 bits per heavy atom. The molecule has 0 bridgehead atoms. The first kappa shape index (κ1) is 23.4. The number of ether oxygens (including phenoxy) is 1. The van der Waals surface area contributed by atoms with Gasteiger partial charge in [-0.25, -0.2) is 19.6 Å². The zero-order valence-corrected chi connectivity index (χ0v) is 20.7. The van der Waals surface area contributed by atoms with Gasteiger partial charge < -0.3 is 19.3 Å². The number of rotatable bonds is 6. The van der Waals surface area contributed by atoms with Gasteiger partial charge in [0.1, 0.15) is 11.5 Å². The van der Waals surface area contributed by atoms with Gasteiger partial charge in [-0.2, -0.15) is 0 Å². The molecule has 1 atom stereocenters. The lowest BCUT2D eigenvalue weighted by atomic mass is 10.2. The maximum Gasteiger partial charge on any atom is 0.354 e. The number of fused-ring (bicyclic) bond motifs is 1. The monoisotopic (exact) mass is 503 g/mol. The smallest absolute Gasteiger partial charge is 0.354 e. The summed E-state index contributed by atoms with van der Waals surface area (Å²) in [6.07, 6.45) is 3.90. The molecule has 2 aliphatic rings. The maximum absolute atomic E-state index is 13.8. The lowest BCUT2D eigenvalue weighted by molar-refractivity contribution is 0.0686. The summed E-state index contributed by atoms with van der Waals surface area (Å²) in [6, 6.07) is 11.8. The van der Waals surface area contributed by atoms with E-state index in [-0.39, 0.29) is 17.4 Å². The Balaban J connectivity index is 1.28. The third-order valence-corrected chi connectivity index (χ3v) is 7.40. The van der Waals surface area contributed by atoms with E-state index >= 15 is 0 Å². The third-order valence-electron chi connectivity index (χ3n) is 7.40. The van der Waals surface area contributed by atoms with Crippen LogP contribution >= 0.6 is 0 Å². The molecule has 1 aromatic carbocycles. The highest BCUT2D eigenvalue weighted by Gasteiger charge is 2.30. The number of morpholine rings is 1. The summed E-state index contributed by atoms with van der Waals surface area (Å²) in [5.41, 5.74) is 3.43. The van der Waals surface area contributed by atoms with E-state index < -0.39 is 5.97 Å². The summed E-state index contributed by atoms with van der Waals surface area (Å²) in [4.78, 5) is 38.6. The van der Waals surface area contributed by atoms with Crippen molar-refractivity contribution in [2.75, 3.05) is 44.3 Å². The van der Waals surface area contributed by atoms with Crippen molar-refractivity contribution >= 4 is 22.8 Å². The summed E-state index contributed by atoms with van der Waals surface area (Å²) in [7, 11) is 1.71. The van der Waals surface area contributed by atoms with Crippen molar-refractivity contribution in [1.29, 1.82) is 0 Å². The number of aromatic carboxylic acids is 1. The summed E-state index contributed by atoms with van der Waals surface area (Å²) in [5.74, 6) is -0.310. The van der Waals surface area contributed by atoms with E-state index in [1.165, 1.54) is 6.20 Å². The zero-order valence-electron chi connectivity index (χ0n) is 20.7. The molecule has 2 saturated heterocycles. The van der Waals surface area contributed by atoms with E-state index in [0.29, 0.717) is 24.6 Å². The van der Waals surface area contributed by atoms with Gasteiger partial charge in [0.2, 0.25) is 0 Å². The van der Waals surface area contributed by atoms with Crippen LogP contribution in [0.2, 0.25) is 0 Å². The Hall–Kier alpha value is -3.96. The molecule has 1 N–H and O–H groups in total. The third kappa shape index (κ3) is 4.19. The molecule has 0 saturated carbocycles. The minimum absolute atomic E-state index is 0.0435. The molecule has 6 rings (SSSR count). The number of pyridine rings is 1. The van der Waals surface area contributed by atoms with Gasteiger partial charge in [0.05, 0.1) is 43.2 Å². The molecule has 37 heavy (non-hydrogen) atoms. The van der Waals surface area contributed by atoms with E-state index in [0.717, 1.165) is 56.2 Å². The quantitative estimate of drug-likeness (QED) is 0.425. The highest BCUT2D eigenvalue weighted by Crippen LogP contribution is 2.27. The molecule has 2 aliphatic heterocycles. The number of imidazole rings is 2. The van der Waals surface area contributed by atoms with Crippen molar-refractivity contribution in [3.05, 3.63) is 70.8 Å². The number of likely N-dealkylation sites (tertiary alicyclic amines) is 1. The molecule has 0 amide bonds. The number of carbonyl (C=O) groups is 1. The second-order valence-corrected chi connectivity index (χ2v) is 9.55. The van der Waals surface area contributed by atoms with E-state index in [1.807, 2.05) is 28.8 Å². The van der Waals surface area contributed by atoms with Crippen molar-refractivity contribution in [2.24, 2.45) is 7.05 Å². The summed E-state index contributed by atoms with van der Waals surface area (Å²) >= 11 is 0. The van der Waals surface area contributed by atoms with Crippen LogP contribution in [0.4, 0.5) is 5.69 Å². The van der Waals surface area contributed by atoms with Crippen LogP contribution in [-0.4, -0.2) is 79.0 Å². The van der Waals surface area contributed by atoms with Crippen molar-refractivity contribution in [3.8, 4) is 5.69 Å². The average Bonchev–Trinajstić information content (AvgIpc) is 3.60. The fourth-order valence-corrected chi connectivity index (χ4v) is 5.42. The van der Waals surface area contributed by atoms with Crippen molar-refractivity contribution in [1.82, 2.24) is 28.6 Å². The van der Waals surface area contributed by atoms with E-state index in [2.05, 4.69) is 31.9 Å². The lowest BCUT2D eigenvalue weighted by Gasteiger charge is -2.28. The molecule has 1 unspecified atom stereocenters. The van der Waals surface area contributed by atoms with Gasteiger partial charge in [-0.05, 0) is 42.8 Å². The van der Waals surface area contributed by atoms with Crippen LogP contribution in [0.25, 0.3) is 16.9 Å². The molecule has 192 valence electrons. The topological polar surface area (TPSA) is 111 Å². The Labute approximate surface area is 213 Å². The van der Waals surface area contributed by atoms with Crippen LogP contribution in [0, 0.1) is 0 Å². The number of hydrogen-bond donors (Lipinski definition) is 1. The van der Waals surface area contributed by atoms with Gasteiger partial charge >= 0.3 is 11.7 Å². The van der Waals surface area contributed by atoms with Gasteiger partial charge in [-0.3, -0.25) is 14.0 Å². The lowest BCUT2D eigenvalue weighted by Crippen LogP contribution is -2.36. The summed E-state index contributed by atoms with van der Waals surface area (Å²) < 4.78 is 10.6. The molecule has 3 aromatic heterocycles. The molecular weight excluding hydrogens is 474 g/mol. The highest BCUT2D eigenvalue weighted by molar-refractivity contribution is 5.85. The van der Waals surface area contributed by atoms with Gasteiger partial charge in [-0.1, -0.05) is 0 Å². The predicted molar refractivity (Wildman–Crippen MR) is 137 cm³/mol. The molecule has 11 nitrogen and oxygen atoms in total. The first-order valence-corrected chi connectivity index (χ1v) is 12.5. The number of benzene rings is 1. The van der Waals surface area contributed by atoms with Crippen molar-refractivity contribution in [3.63, 3.8) is 0 Å². The molecule has 11 heteroatoms. The standard InChI is InChI=1S/C26H29N7O4/c1-29-22(25(34)35)15-28-23(29)17-30-10-8-20(16-30)33-24-21(3-2-9-27-24)32(26(33)36)19-6-4-18(5-7-19)31-11-13-37-14-12-31/h2-7,9,15,20H,8,10-14,16-17H2,1H3,(H,34,35). The molecule has 5 heterocycles. The molecule has 2 fully saturated rings. The Morgan fingerprint density at radius 1 is 1.08 bits per heavy atom. The predicted octanol–water partition coefficient (Wildman–Crippen LogP) is 1.90. The Kier molecular flexibility index (Phi) is 6.01. The molecular formula is C26H29N7O4. The van der Waals surface area contributed by atoms with Crippen LogP contribution in [-0.2, 0) is 18.3 Å². The van der Waals surface area contributed by atoms with E-state index in [4.69, 9.17) is 4.74 Å². The van der Waals surface area contributed by atoms with Gasteiger partial charge in [0, 0.05) is 45.1 Å². The Morgan fingerprint density at radius 3 is 2.57 bits per heavy atom. The highest BCUT2D eigenvalue weighted by atomic mass is 16.5. The van der Waals surface area contributed by atoms with Crippen LogP contribution in [0.3, 0.4) is 0 Å². The van der Waals surface area contributed by atoms with Gasteiger partial charge in [-0.15, -0.1) is 0 Å². The number of aromatic nitrogens is 5. The SMILES string of the molecule is Cn1c(C(=O)O)cnc1CN1CCC(n2c(=O)n(-c3ccc(N4CCOCC4)cc3)c3cccnc32)C1. The van der Waals surface area contributed by atoms with E-state index in [1.54, 1.807) is 22.4 Å². The summed E-state index contributed by atoms with van der Waals surface area (Å²) in [5, 5.41) is 9.31. The fourth-order valence-electron chi connectivity index (χ4n) is 5.42. The number of carboxylic acids is 1. The van der Waals surface area contributed by atoms with Crippen molar-refractivity contribution in [2.45, 2.75) is 19.0 Å². The van der Waals surface area contributed by atoms with Crippen LogP contribution < -0.4 is 10.6 Å². The van der Waals surface area contributed by atoms with E-state index in [9.17, 15) is 14.7 Å². The first-order valence-electron chi connectivity index (χ1n) is 12.5. The number of nitrogens with zero attached hydrogens (tertiary/aromatic N) is 7. The minimum Gasteiger partial charge on any atom is -0.477 e. The molecule has 0 radical (unpaired) electrons. The molecule has 0 aliphatic carbocycles. The second kappa shape index (κ2) is 9.49. The minimum atomic E-state index is -0.996.